The van der Waals surface area contributed by atoms with Gasteiger partial charge in [0.15, 0.2) is 5.78 Å². The zero-order valence-electron chi connectivity index (χ0n) is 15.9. The van der Waals surface area contributed by atoms with Gasteiger partial charge in [-0.15, -0.1) is 0 Å². The van der Waals surface area contributed by atoms with E-state index >= 15 is 0 Å². The van der Waals surface area contributed by atoms with Gasteiger partial charge in [-0.25, -0.2) is 0 Å². The molecule has 0 fully saturated rings. The summed E-state index contributed by atoms with van der Waals surface area (Å²) in [6.45, 7) is 10.9. The topological polar surface area (TPSA) is 29.1 Å². The Hall–Kier alpha value is -2.19. The number of aryl methyl sites for hydroxylation is 1. The maximum Gasteiger partial charge on any atom is 0.159 e. The highest BCUT2D eigenvalue weighted by Gasteiger charge is 2.12. The summed E-state index contributed by atoms with van der Waals surface area (Å²) in [5.41, 5.74) is 6.47. The fourth-order valence-electron chi connectivity index (χ4n) is 2.93. The van der Waals surface area contributed by atoms with E-state index in [0.29, 0.717) is 11.5 Å². The zero-order chi connectivity index (χ0) is 18.4. The van der Waals surface area contributed by atoms with Crippen LogP contribution in [0.25, 0.3) is 16.7 Å². The Morgan fingerprint density at radius 2 is 1.72 bits per heavy atom. The van der Waals surface area contributed by atoms with Crippen LogP contribution < -0.4 is 5.32 Å². The molecule has 0 saturated heterocycles. The Bertz CT molecular complexity index is 741. The molecule has 0 unspecified atom stereocenters. The first-order chi connectivity index (χ1) is 11.9. The third kappa shape index (κ3) is 5.14. The number of nitrogens with one attached hydrogen (secondary N) is 1. The van der Waals surface area contributed by atoms with Crippen molar-refractivity contribution in [2.75, 3.05) is 7.05 Å². The van der Waals surface area contributed by atoms with Crippen molar-refractivity contribution in [2.45, 2.75) is 40.2 Å². The van der Waals surface area contributed by atoms with Gasteiger partial charge in [-0.3, -0.25) is 4.79 Å². The van der Waals surface area contributed by atoms with Crippen molar-refractivity contribution in [3.05, 3.63) is 65.7 Å². The van der Waals surface area contributed by atoms with Crippen LogP contribution in [0.1, 0.15) is 43.9 Å². The third-order valence-electron chi connectivity index (χ3n) is 4.51. The minimum atomic E-state index is 0.0370. The van der Waals surface area contributed by atoms with E-state index < -0.39 is 0 Å². The van der Waals surface area contributed by atoms with Crippen LogP contribution in [0.4, 0.5) is 0 Å². The molecule has 0 bridgehead atoms. The summed E-state index contributed by atoms with van der Waals surface area (Å²) in [6, 6.07) is 15.0. The normalized spacial score (nSPS) is 10.9. The Labute approximate surface area is 152 Å². The standard InChI is InChI=1S/C23H29NO/c1-16(2)6-9-22-14-21(12-13-23(22)17(3)18(4)25)20-10-7-19(8-11-20)15-24-5/h7-8,10-14,16,24H,3,6,9,15H2,1-2,4-5H3. The molecule has 0 atom stereocenters. The first-order valence-corrected chi connectivity index (χ1v) is 8.99. The molecule has 0 radical (unpaired) electrons. The minimum Gasteiger partial charge on any atom is -0.316 e. The van der Waals surface area contributed by atoms with Crippen molar-refractivity contribution in [3.8, 4) is 11.1 Å². The molecule has 0 amide bonds. The second-order valence-electron chi connectivity index (χ2n) is 7.07. The van der Waals surface area contributed by atoms with E-state index in [-0.39, 0.29) is 5.78 Å². The third-order valence-corrected chi connectivity index (χ3v) is 4.51. The van der Waals surface area contributed by atoms with Crippen LogP contribution in [-0.2, 0) is 17.8 Å². The zero-order valence-corrected chi connectivity index (χ0v) is 15.9. The molecule has 0 aliphatic rings. The molecule has 0 saturated carbocycles. The summed E-state index contributed by atoms with van der Waals surface area (Å²) in [5, 5.41) is 3.17. The van der Waals surface area contributed by atoms with E-state index in [4.69, 9.17) is 0 Å². The van der Waals surface area contributed by atoms with Gasteiger partial charge in [0.1, 0.15) is 0 Å². The number of carbonyl (C=O) groups excluding carboxylic acids is 1. The number of Topliss-reactive ketones (excluding diaryl/α,β-unsaturated/α-hetero) is 1. The minimum absolute atomic E-state index is 0.0370. The Morgan fingerprint density at radius 3 is 2.28 bits per heavy atom. The van der Waals surface area contributed by atoms with E-state index in [0.717, 1.165) is 24.9 Å². The lowest BCUT2D eigenvalue weighted by Crippen LogP contribution is -2.04. The van der Waals surface area contributed by atoms with Crippen LogP contribution in [0.3, 0.4) is 0 Å². The fourth-order valence-corrected chi connectivity index (χ4v) is 2.93. The van der Waals surface area contributed by atoms with Gasteiger partial charge < -0.3 is 5.32 Å². The number of carbonyl (C=O) groups is 1. The van der Waals surface area contributed by atoms with Crippen LogP contribution >= 0.6 is 0 Å². The predicted octanol–water partition coefficient (Wildman–Crippen LogP) is 5.26. The first-order valence-electron chi connectivity index (χ1n) is 8.99. The smallest absolute Gasteiger partial charge is 0.159 e. The molecule has 25 heavy (non-hydrogen) atoms. The predicted molar refractivity (Wildman–Crippen MR) is 108 cm³/mol. The molecular weight excluding hydrogens is 306 g/mol. The van der Waals surface area contributed by atoms with E-state index in [2.05, 4.69) is 68.2 Å². The highest BCUT2D eigenvalue weighted by Crippen LogP contribution is 2.28. The van der Waals surface area contributed by atoms with Crippen LogP contribution in [-0.4, -0.2) is 12.8 Å². The van der Waals surface area contributed by atoms with E-state index in [1.54, 1.807) is 6.92 Å². The molecule has 2 nitrogen and oxygen atoms in total. The van der Waals surface area contributed by atoms with Gasteiger partial charge >= 0.3 is 0 Å². The summed E-state index contributed by atoms with van der Waals surface area (Å²) < 4.78 is 0. The van der Waals surface area contributed by atoms with E-state index in [1.807, 2.05) is 7.05 Å². The van der Waals surface area contributed by atoms with Crippen LogP contribution in [0.15, 0.2) is 49.0 Å². The van der Waals surface area contributed by atoms with Crippen molar-refractivity contribution in [1.82, 2.24) is 5.32 Å². The molecule has 2 aromatic rings. The maximum absolute atomic E-state index is 11.8. The SMILES string of the molecule is C=C(C(C)=O)c1ccc(-c2ccc(CNC)cc2)cc1CCC(C)C. The van der Waals surface area contributed by atoms with Crippen molar-refractivity contribution in [3.63, 3.8) is 0 Å². The average molecular weight is 335 g/mol. The van der Waals surface area contributed by atoms with Gasteiger partial charge in [0, 0.05) is 12.1 Å². The largest absolute Gasteiger partial charge is 0.316 e. The number of hydrogen-bond donors (Lipinski definition) is 1. The Morgan fingerprint density at radius 1 is 1.08 bits per heavy atom. The number of allylic oxidation sites excluding steroid dienone is 1. The monoisotopic (exact) mass is 335 g/mol. The molecule has 1 N–H and O–H groups in total. The lowest BCUT2D eigenvalue weighted by Gasteiger charge is -2.14. The fraction of sp³-hybridized carbons (Fsp3) is 0.348. The van der Waals surface area contributed by atoms with Gasteiger partial charge in [-0.2, -0.15) is 0 Å². The molecule has 0 spiro atoms. The molecule has 0 aliphatic heterocycles. The van der Waals surface area contributed by atoms with Crippen LogP contribution in [0.5, 0.6) is 0 Å². The quantitative estimate of drug-likeness (QED) is 0.666. The molecule has 2 rings (SSSR count). The first kappa shape index (κ1) is 19.1. The molecule has 132 valence electrons. The molecule has 0 heterocycles. The number of rotatable bonds is 8. The Balaban J connectivity index is 2.37. The molecular formula is C23H29NO. The van der Waals surface area contributed by atoms with Crippen LogP contribution in [0.2, 0.25) is 0 Å². The second-order valence-corrected chi connectivity index (χ2v) is 7.07. The van der Waals surface area contributed by atoms with Gasteiger partial charge in [-0.05, 0) is 60.5 Å². The Kier molecular flexibility index (Phi) is 6.72. The maximum atomic E-state index is 11.8. The lowest BCUT2D eigenvalue weighted by atomic mass is 9.90. The van der Waals surface area contributed by atoms with Crippen molar-refractivity contribution in [2.24, 2.45) is 5.92 Å². The second kappa shape index (κ2) is 8.77. The van der Waals surface area contributed by atoms with Gasteiger partial charge in [-0.1, -0.05) is 62.9 Å². The number of ketones is 1. The summed E-state index contributed by atoms with van der Waals surface area (Å²) in [7, 11) is 1.95. The van der Waals surface area contributed by atoms with Gasteiger partial charge in [0.25, 0.3) is 0 Å². The number of hydrogen-bond acceptors (Lipinski definition) is 2. The average Bonchev–Trinajstić information content (AvgIpc) is 2.60. The molecule has 0 aliphatic carbocycles. The lowest BCUT2D eigenvalue weighted by molar-refractivity contribution is -0.111. The highest BCUT2D eigenvalue weighted by molar-refractivity contribution is 6.19. The van der Waals surface area contributed by atoms with E-state index in [1.165, 1.54) is 22.3 Å². The van der Waals surface area contributed by atoms with Crippen LogP contribution in [0, 0.1) is 5.92 Å². The number of benzene rings is 2. The van der Waals surface area contributed by atoms with Crippen molar-refractivity contribution < 1.29 is 4.79 Å². The molecule has 2 aromatic carbocycles. The van der Waals surface area contributed by atoms with Crippen molar-refractivity contribution >= 4 is 11.4 Å². The van der Waals surface area contributed by atoms with E-state index in [9.17, 15) is 4.79 Å². The summed E-state index contributed by atoms with van der Waals surface area (Å²) in [4.78, 5) is 11.8. The highest BCUT2D eigenvalue weighted by atomic mass is 16.1. The molecule has 2 heteroatoms. The summed E-state index contributed by atoms with van der Waals surface area (Å²) >= 11 is 0. The van der Waals surface area contributed by atoms with Gasteiger partial charge in [0.2, 0.25) is 0 Å². The van der Waals surface area contributed by atoms with Crippen molar-refractivity contribution in [1.29, 1.82) is 0 Å². The summed E-state index contributed by atoms with van der Waals surface area (Å²) in [6.07, 6.45) is 2.06. The molecule has 0 aromatic heterocycles. The summed E-state index contributed by atoms with van der Waals surface area (Å²) in [5.74, 6) is 0.665. The van der Waals surface area contributed by atoms with Gasteiger partial charge in [0.05, 0.1) is 0 Å².